The summed E-state index contributed by atoms with van der Waals surface area (Å²) in [6.45, 7) is 2.53. The number of carbonyl (C=O) groups is 1. The number of pyridine rings is 1. The minimum absolute atomic E-state index is 0.206. The van der Waals surface area contributed by atoms with Crippen LogP contribution in [0.3, 0.4) is 0 Å². The third kappa shape index (κ3) is 2.47. The summed E-state index contributed by atoms with van der Waals surface area (Å²) in [5, 5.41) is 10.0. The van der Waals surface area contributed by atoms with Crippen molar-refractivity contribution < 1.29 is 9.18 Å². The molecule has 3 heterocycles. The van der Waals surface area contributed by atoms with Gasteiger partial charge in [-0.2, -0.15) is 4.39 Å². The van der Waals surface area contributed by atoms with E-state index < -0.39 is 11.9 Å². The third-order valence-electron chi connectivity index (χ3n) is 3.10. The van der Waals surface area contributed by atoms with E-state index in [9.17, 15) is 9.18 Å². The molecule has 0 aromatic carbocycles. The van der Waals surface area contributed by atoms with Gasteiger partial charge in [-0.25, -0.2) is 4.98 Å². The number of fused-ring (bicyclic) bond motifs is 1. The first kappa shape index (κ1) is 13.2. The molecule has 3 aromatic heterocycles. The molecule has 0 spiro atoms. The molecule has 108 valence electrons. The molecule has 7 nitrogen and oxygen atoms in total. The van der Waals surface area contributed by atoms with E-state index in [1.165, 1.54) is 4.40 Å². The van der Waals surface area contributed by atoms with Crippen LogP contribution in [0.25, 0.3) is 5.65 Å². The molecule has 8 heteroatoms. The summed E-state index contributed by atoms with van der Waals surface area (Å²) in [6, 6.07) is 5.18. The van der Waals surface area contributed by atoms with Gasteiger partial charge in [-0.1, -0.05) is 11.3 Å². The summed E-state index contributed by atoms with van der Waals surface area (Å²) >= 11 is 0. The average Bonchev–Trinajstić information content (AvgIpc) is 3.08. The Hall–Kier alpha value is -2.77. The second-order valence-corrected chi connectivity index (χ2v) is 4.53. The second-order valence-electron chi connectivity index (χ2n) is 4.53. The zero-order valence-electron chi connectivity index (χ0n) is 11.3. The summed E-state index contributed by atoms with van der Waals surface area (Å²) in [5.41, 5.74) is 0.885. The molecule has 0 bridgehead atoms. The van der Waals surface area contributed by atoms with Crippen LogP contribution in [0.2, 0.25) is 0 Å². The second kappa shape index (κ2) is 5.31. The van der Waals surface area contributed by atoms with Crippen molar-refractivity contribution in [1.29, 1.82) is 0 Å². The van der Waals surface area contributed by atoms with E-state index in [4.69, 9.17) is 0 Å². The van der Waals surface area contributed by atoms with Crippen LogP contribution in [-0.4, -0.2) is 36.8 Å². The van der Waals surface area contributed by atoms with Gasteiger partial charge in [-0.15, -0.1) is 5.10 Å². The van der Waals surface area contributed by atoms with Gasteiger partial charge >= 0.3 is 0 Å². The molecule has 0 aliphatic rings. The first-order valence-corrected chi connectivity index (χ1v) is 6.42. The molecule has 0 saturated heterocycles. The maximum absolute atomic E-state index is 14.3. The molecule has 1 amide bonds. The molecule has 1 N–H and O–H groups in total. The number of hydrogen-bond donors (Lipinski definition) is 1. The zero-order chi connectivity index (χ0) is 14.8. The maximum Gasteiger partial charge on any atom is 0.274 e. The highest BCUT2D eigenvalue weighted by atomic mass is 19.1. The van der Waals surface area contributed by atoms with Crippen molar-refractivity contribution >= 4 is 11.6 Å². The van der Waals surface area contributed by atoms with Gasteiger partial charge in [0.2, 0.25) is 5.95 Å². The van der Waals surface area contributed by atoms with Gasteiger partial charge in [0.1, 0.15) is 5.65 Å². The topological polar surface area (TPSA) is 77.1 Å². The fourth-order valence-electron chi connectivity index (χ4n) is 2.08. The first-order valence-electron chi connectivity index (χ1n) is 6.42. The number of aryl methyl sites for hydroxylation is 1. The van der Waals surface area contributed by atoms with Crippen LogP contribution in [0.4, 0.5) is 4.39 Å². The monoisotopic (exact) mass is 288 g/mol. The Kier molecular flexibility index (Phi) is 3.35. The van der Waals surface area contributed by atoms with Gasteiger partial charge in [0, 0.05) is 18.4 Å². The largest absolute Gasteiger partial charge is 0.349 e. The number of nitrogens with one attached hydrogen (secondary N) is 1. The van der Waals surface area contributed by atoms with Crippen molar-refractivity contribution in [3.63, 3.8) is 0 Å². The lowest BCUT2D eigenvalue weighted by molar-refractivity contribution is 0.0943. The highest BCUT2D eigenvalue weighted by Crippen LogP contribution is 2.13. The van der Waals surface area contributed by atoms with Crippen molar-refractivity contribution in [2.24, 2.45) is 0 Å². The van der Waals surface area contributed by atoms with Gasteiger partial charge in [-0.05, 0) is 19.1 Å². The van der Waals surface area contributed by atoms with E-state index in [1.807, 2.05) is 0 Å². The summed E-state index contributed by atoms with van der Waals surface area (Å²) in [4.78, 5) is 16.0. The lowest BCUT2D eigenvalue weighted by atomic mass is 10.4. The molecule has 0 radical (unpaired) electrons. The van der Waals surface area contributed by atoms with Gasteiger partial charge < -0.3 is 5.32 Å². The van der Waals surface area contributed by atoms with E-state index in [0.29, 0.717) is 24.4 Å². The fourth-order valence-corrected chi connectivity index (χ4v) is 2.08. The van der Waals surface area contributed by atoms with Crippen molar-refractivity contribution in [1.82, 2.24) is 29.7 Å². The zero-order valence-corrected chi connectivity index (χ0v) is 11.3. The summed E-state index contributed by atoms with van der Waals surface area (Å²) in [7, 11) is 0. The van der Waals surface area contributed by atoms with Crippen molar-refractivity contribution in [2.75, 3.05) is 6.54 Å². The Labute approximate surface area is 119 Å². The summed E-state index contributed by atoms with van der Waals surface area (Å²) in [5.74, 6) is -1.20. The average molecular weight is 288 g/mol. The summed E-state index contributed by atoms with van der Waals surface area (Å²) < 4.78 is 17.1. The Morgan fingerprint density at radius 2 is 2.29 bits per heavy atom. The number of nitrogens with zero attached hydrogens (tertiary/aromatic N) is 5. The van der Waals surface area contributed by atoms with E-state index in [2.05, 4.69) is 20.6 Å². The van der Waals surface area contributed by atoms with Crippen LogP contribution in [0.15, 0.2) is 30.6 Å². The number of hydrogen-bond acceptors (Lipinski definition) is 4. The predicted octanol–water partition coefficient (Wildman–Crippen LogP) is 0.803. The molecular weight excluding hydrogens is 275 g/mol. The van der Waals surface area contributed by atoms with Gasteiger partial charge in [-0.3, -0.25) is 13.9 Å². The van der Waals surface area contributed by atoms with Crippen molar-refractivity contribution in [3.05, 3.63) is 47.9 Å². The number of carbonyl (C=O) groups excluding carboxylic acids is 1. The molecule has 3 rings (SSSR count). The minimum Gasteiger partial charge on any atom is -0.349 e. The van der Waals surface area contributed by atoms with Crippen molar-refractivity contribution in [2.45, 2.75) is 13.5 Å². The van der Waals surface area contributed by atoms with E-state index in [1.54, 1.807) is 42.2 Å². The minimum atomic E-state index is -0.652. The lowest BCUT2D eigenvalue weighted by Gasteiger charge is -2.03. The molecule has 0 saturated carbocycles. The number of aromatic nitrogens is 5. The van der Waals surface area contributed by atoms with Gasteiger partial charge in [0.25, 0.3) is 5.91 Å². The molecule has 21 heavy (non-hydrogen) atoms. The van der Waals surface area contributed by atoms with Crippen LogP contribution in [0.5, 0.6) is 0 Å². The first-order chi connectivity index (χ1) is 10.2. The highest BCUT2D eigenvalue weighted by Gasteiger charge is 2.19. The standard InChI is InChI=1S/C13H13FN6O/c1-9-3-2-4-10-17-11(12(14)20(9)10)13(21)15-5-7-19-8-6-16-18-19/h2-4,6,8H,5,7H2,1H3,(H,15,21). The van der Waals surface area contributed by atoms with Crippen LogP contribution >= 0.6 is 0 Å². The smallest absolute Gasteiger partial charge is 0.274 e. The SMILES string of the molecule is Cc1cccc2nc(C(=O)NCCn3ccnn3)c(F)n12. The molecule has 0 unspecified atom stereocenters. The Morgan fingerprint density at radius 3 is 3.00 bits per heavy atom. The molecule has 0 aliphatic carbocycles. The lowest BCUT2D eigenvalue weighted by Crippen LogP contribution is -2.28. The maximum atomic E-state index is 14.3. The Balaban J connectivity index is 1.75. The van der Waals surface area contributed by atoms with Crippen LogP contribution in [0, 0.1) is 12.9 Å². The molecular formula is C13H13FN6O. The molecule has 0 fully saturated rings. The van der Waals surface area contributed by atoms with Gasteiger partial charge in [0.05, 0.1) is 12.7 Å². The van der Waals surface area contributed by atoms with E-state index in [0.717, 1.165) is 0 Å². The van der Waals surface area contributed by atoms with Crippen LogP contribution in [0.1, 0.15) is 16.2 Å². The Morgan fingerprint density at radius 1 is 1.43 bits per heavy atom. The predicted molar refractivity (Wildman–Crippen MR) is 72.2 cm³/mol. The number of halogens is 1. The molecule has 0 aliphatic heterocycles. The number of imidazole rings is 1. The summed E-state index contributed by atoms with van der Waals surface area (Å²) in [6.07, 6.45) is 3.23. The van der Waals surface area contributed by atoms with Crippen LogP contribution < -0.4 is 5.32 Å². The molecule has 0 atom stereocenters. The number of amides is 1. The van der Waals surface area contributed by atoms with Crippen molar-refractivity contribution in [3.8, 4) is 0 Å². The fraction of sp³-hybridized carbons (Fsp3) is 0.231. The van der Waals surface area contributed by atoms with E-state index >= 15 is 0 Å². The third-order valence-corrected chi connectivity index (χ3v) is 3.10. The quantitative estimate of drug-likeness (QED) is 0.770. The van der Waals surface area contributed by atoms with Gasteiger partial charge in [0.15, 0.2) is 5.69 Å². The normalized spacial score (nSPS) is 11.0. The van der Waals surface area contributed by atoms with Crippen LogP contribution in [-0.2, 0) is 6.54 Å². The number of rotatable bonds is 4. The highest BCUT2D eigenvalue weighted by molar-refractivity contribution is 5.93. The Bertz CT molecular complexity index is 779. The van der Waals surface area contributed by atoms with E-state index in [-0.39, 0.29) is 5.69 Å². The molecule has 3 aromatic rings.